The van der Waals surface area contributed by atoms with E-state index in [0.29, 0.717) is 34.7 Å². The Balaban J connectivity index is 1.57. The number of aromatic nitrogens is 4. The van der Waals surface area contributed by atoms with E-state index < -0.39 is 11.7 Å². The van der Waals surface area contributed by atoms with Crippen LogP contribution in [0.4, 0.5) is 10.2 Å². The van der Waals surface area contributed by atoms with Crippen LogP contribution >= 0.6 is 0 Å². The van der Waals surface area contributed by atoms with E-state index in [4.69, 9.17) is 5.26 Å². The van der Waals surface area contributed by atoms with Crippen LogP contribution in [-0.4, -0.2) is 39.4 Å². The highest BCUT2D eigenvalue weighted by molar-refractivity contribution is 6.06. The van der Waals surface area contributed by atoms with Crippen molar-refractivity contribution in [2.45, 2.75) is 12.8 Å². The minimum atomic E-state index is -0.657. The highest BCUT2D eigenvalue weighted by Gasteiger charge is 2.19. The molecule has 0 aliphatic rings. The lowest BCUT2D eigenvalue weighted by Crippen LogP contribution is -2.20. The zero-order valence-corrected chi connectivity index (χ0v) is 18.0. The normalized spacial score (nSPS) is 11.6. The van der Waals surface area contributed by atoms with Crippen molar-refractivity contribution in [3.63, 3.8) is 0 Å². The van der Waals surface area contributed by atoms with E-state index in [1.807, 2.05) is 19.1 Å². The minimum absolute atomic E-state index is 0.0130. The van der Waals surface area contributed by atoms with E-state index in [1.165, 1.54) is 13.4 Å². The average molecular weight is 441 g/mol. The molecule has 0 fully saturated rings. The van der Waals surface area contributed by atoms with Crippen LogP contribution in [0.2, 0.25) is 0 Å². The number of nitriles is 1. The predicted molar refractivity (Wildman–Crippen MR) is 122 cm³/mol. The third kappa shape index (κ3) is 4.45. The Bertz CT molecular complexity index is 1370. The number of carbonyl (C=O) groups is 1. The maximum atomic E-state index is 14.3. The lowest BCUT2D eigenvalue weighted by molar-refractivity contribution is 0.0960. The fraction of sp³-hybridized carbons (Fsp3) is 0.167. The molecule has 3 aromatic heterocycles. The number of nitrogens with one attached hydrogen (secondary N) is 2. The van der Waals surface area contributed by atoms with Crippen molar-refractivity contribution in [1.29, 1.82) is 5.26 Å². The highest BCUT2D eigenvalue weighted by atomic mass is 19.1. The van der Waals surface area contributed by atoms with Gasteiger partial charge in [0.1, 0.15) is 23.9 Å². The molecule has 1 amide bonds. The van der Waals surface area contributed by atoms with Gasteiger partial charge in [-0.15, -0.1) is 0 Å². The van der Waals surface area contributed by atoms with Crippen molar-refractivity contribution in [1.82, 2.24) is 25.3 Å². The Morgan fingerprint density at radius 3 is 2.73 bits per heavy atom. The SMILES string of the molecule is CNC(=O)c1c(F)cnc2c(C(C)CNc3cc(-c4ccc(C#N)nc4)ncn3)cccc12. The number of benzene rings is 1. The van der Waals surface area contributed by atoms with Gasteiger partial charge in [0.25, 0.3) is 5.91 Å². The molecule has 1 aromatic carbocycles. The largest absolute Gasteiger partial charge is 0.369 e. The second kappa shape index (κ2) is 9.36. The summed E-state index contributed by atoms with van der Waals surface area (Å²) < 4.78 is 14.3. The van der Waals surface area contributed by atoms with E-state index in [1.54, 1.807) is 36.5 Å². The smallest absolute Gasteiger partial charge is 0.254 e. The summed E-state index contributed by atoms with van der Waals surface area (Å²) in [5, 5.41) is 15.1. The molecule has 4 rings (SSSR count). The highest BCUT2D eigenvalue weighted by Crippen LogP contribution is 2.28. The van der Waals surface area contributed by atoms with E-state index >= 15 is 0 Å². The quantitative estimate of drug-likeness (QED) is 0.469. The molecule has 0 saturated carbocycles. The van der Waals surface area contributed by atoms with Gasteiger partial charge < -0.3 is 10.6 Å². The second-order valence-electron chi connectivity index (χ2n) is 7.42. The number of anilines is 1. The molecule has 0 saturated heterocycles. The number of hydrogen-bond donors (Lipinski definition) is 2. The monoisotopic (exact) mass is 441 g/mol. The molecule has 3 heterocycles. The van der Waals surface area contributed by atoms with Crippen LogP contribution in [0.5, 0.6) is 0 Å². The van der Waals surface area contributed by atoms with Crippen LogP contribution in [0.3, 0.4) is 0 Å². The molecule has 1 atom stereocenters. The molecule has 9 heteroatoms. The Labute approximate surface area is 189 Å². The summed E-state index contributed by atoms with van der Waals surface area (Å²) in [5.41, 5.74) is 3.24. The van der Waals surface area contributed by atoms with Gasteiger partial charge in [0.05, 0.1) is 23.0 Å². The topological polar surface area (TPSA) is 116 Å². The maximum absolute atomic E-state index is 14.3. The van der Waals surface area contributed by atoms with Crippen LogP contribution < -0.4 is 10.6 Å². The zero-order chi connectivity index (χ0) is 23.4. The number of para-hydroxylation sites is 1. The van der Waals surface area contributed by atoms with Gasteiger partial charge in [0.15, 0.2) is 5.82 Å². The third-order valence-electron chi connectivity index (χ3n) is 5.30. The number of hydrogen-bond acceptors (Lipinski definition) is 7. The van der Waals surface area contributed by atoms with E-state index in [0.717, 1.165) is 17.3 Å². The van der Waals surface area contributed by atoms with Crippen molar-refractivity contribution in [2.75, 3.05) is 18.9 Å². The number of fused-ring (bicyclic) bond motifs is 1. The van der Waals surface area contributed by atoms with Crippen LogP contribution in [0.25, 0.3) is 22.2 Å². The van der Waals surface area contributed by atoms with Crippen LogP contribution in [0, 0.1) is 17.1 Å². The zero-order valence-electron chi connectivity index (χ0n) is 18.0. The summed E-state index contributed by atoms with van der Waals surface area (Å²) in [4.78, 5) is 29.1. The summed E-state index contributed by atoms with van der Waals surface area (Å²) in [7, 11) is 1.47. The fourth-order valence-electron chi connectivity index (χ4n) is 3.57. The molecule has 8 nitrogen and oxygen atoms in total. The van der Waals surface area contributed by atoms with Gasteiger partial charge in [0.2, 0.25) is 0 Å². The first-order valence-electron chi connectivity index (χ1n) is 10.2. The fourth-order valence-corrected chi connectivity index (χ4v) is 3.57. The van der Waals surface area contributed by atoms with Gasteiger partial charge in [-0.25, -0.2) is 19.3 Å². The first kappa shape index (κ1) is 21.8. The molecular weight excluding hydrogens is 421 g/mol. The predicted octanol–water partition coefficient (Wildman–Crippen LogP) is 3.67. The van der Waals surface area contributed by atoms with Crippen molar-refractivity contribution in [2.24, 2.45) is 0 Å². The van der Waals surface area contributed by atoms with Gasteiger partial charge in [-0.05, 0) is 17.7 Å². The molecule has 164 valence electrons. The van der Waals surface area contributed by atoms with Gasteiger partial charge >= 0.3 is 0 Å². The standard InChI is InChI=1S/C24H20FN7O/c1-14(17-4-3-5-18-22(24(33)27-2)19(25)12-30-23(17)18)10-29-21-8-20(31-13-32-21)15-6-7-16(9-26)28-11-15/h3-8,11-14H,10H2,1-2H3,(H,27,33)(H,29,31,32). The molecule has 0 aliphatic heterocycles. The number of carbonyl (C=O) groups excluding carboxylic acids is 1. The van der Waals surface area contributed by atoms with E-state index in [2.05, 4.69) is 30.6 Å². The molecular formula is C24H20FN7O. The molecule has 0 radical (unpaired) electrons. The maximum Gasteiger partial charge on any atom is 0.254 e. The Morgan fingerprint density at radius 2 is 2.00 bits per heavy atom. The molecule has 0 bridgehead atoms. The Kier molecular flexibility index (Phi) is 6.17. The number of rotatable bonds is 6. The average Bonchev–Trinajstić information content (AvgIpc) is 2.86. The number of pyridine rings is 2. The van der Waals surface area contributed by atoms with Crippen LogP contribution in [0.15, 0.2) is 55.1 Å². The summed E-state index contributed by atoms with van der Waals surface area (Å²) >= 11 is 0. The first-order chi connectivity index (χ1) is 16.0. The molecule has 2 N–H and O–H groups in total. The molecule has 0 spiro atoms. The second-order valence-corrected chi connectivity index (χ2v) is 7.42. The van der Waals surface area contributed by atoms with Gasteiger partial charge in [-0.2, -0.15) is 5.26 Å². The molecule has 0 aliphatic carbocycles. The van der Waals surface area contributed by atoms with Crippen molar-refractivity contribution >= 4 is 22.6 Å². The van der Waals surface area contributed by atoms with Gasteiger partial charge in [-0.1, -0.05) is 25.1 Å². The minimum Gasteiger partial charge on any atom is -0.369 e. The molecule has 33 heavy (non-hydrogen) atoms. The van der Waals surface area contributed by atoms with Gasteiger partial charge in [-0.3, -0.25) is 9.78 Å². The lowest BCUT2D eigenvalue weighted by Gasteiger charge is -2.17. The Morgan fingerprint density at radius 1 is 1.15 bits per heavy atom. The Hall–Kier alpha value is -4.45. The third-order valence-corrected chi connectivity index (χ3v) is 5.30. The van der Waals surface area contributed by atoms with Crippen molar-refractivity contribution < 1.29 is 9.18 Å². The first-order valence-corrected chi connectivity index (χ1v) is 10.2. The lowest BCUT2D eigenvalue weighted by atomic mass is 9.96. The summed E-state index contributed by atoms with van der Waals surface area (Å²) in [5.74, 6) is -0.537. The number of halogens is 1. The summed E-state index contributed by atoms with van der Waals surface area (Å²) in [6.45, 7) is 2.54. The van der Waals surface area contributed by atoms with Crippen LogP contribution in [0.1, 0.15) is 34.5 Å². The number of amides is 1. The van der Waals surface area contributed by atoms with E-state index in [-0.39, 0.29) is 11.5 Å². The van der Waals surface area contributed by atoms with Crippen LogP contribution in [-0.2, 0) is 0 Å². The van der Waals surface area contributed by atoms with Gasteiger partial charge in [0, 0.05) is 42.7 Å². The van der Waals surface area contributed by atoms with Crippen molar-refractivity contribution in [3.05, 3.63) is 77.8 Å². The summed E-state index contributed by atoms with van der Waals surface area (Å²) in [6, 6.07) is 12.6. The molecule has 1 unspecified atom stereocenters. The van der Waals surface area contributed by atoms with Crippen molar-refractivity contribution in [3.8, 4) is 17.3 Å². The van der Waals surface area contributed by atoms with E-state index in [9.17, 15) is 9.18 Å². The molecule has 4 aromatic rings. The number of nitrogens with zero attached hydrogens (tertiary/aromatic N) is 5. The summed E-state index contributed by atoms with van der Waals surface area (Å²) in [6.07, 6.45) is 4.13.